The smallest absolute Gasteiger partial charge is 0.294 e. The summed E-state index contributed by atoms with van der Waals surface area (Å²) in [6.45, 7) is 0. The Morgan fingerprint density at radius 2 is 1.71 bits per heavy atom. The van der Waals surface area contributed by atoms with Crippen LogP contribution >= 0.6 is 0 Å². The molecule has 1 aromatic rings. The van der Waals surface area contributed by atoms with Gasteiger partial charge in [-0.1, -0.05) is 6.07 Å². The van der Waals surface area contributed by atoms with E-state index in [1.54, 1.807) is 0 Å². The van der Waals surface area contributed by atoms with Gasteiger partial charge in [0.15, 0.2) is 5.78 Å². The first-order valence-electron chi connectivity index (χ1n) is 7.29. The summed E-state index contributed by atoms with van der Waals surface area (Å²) in [5, 5.41) is 0. The number of Topliss-reactive ketones (excluding diaryl/α,β-unsaturated/α-hetero) is 1. The lowest BCUT2D eigenvalue weighted by atomic mass is 9.95. The lowest BCUT2D eigenvalue weighted by Gasteiger charge is -2.11. The fourth-order valence-corrected chi connectivity index (χ4v) is 4.77. The highest BCUT2D eigenvalue weighted by Crippen LogP contribution is 2.69. The number of benzene rings is 1. The number of hydrogen-bond acceptors (Lipinski definition) is 1. The number of alkyl halides is 3. The number of carbonyl (C=O) groups is 1. The molecule has 0 aromatic heterocycles. The van der Waals surface area contributed by atoms with Crippen LogP contribution in [0.1, 0.15) is 35.2 Å². The van der Waals surface area contributed by atoms with Crippen LogP contribution in [-0.2, 0) is 6.18 Å². The van der Waals surface area contributed by atoms with Gasteiger partial charge in [0.25, 0.3) is 0 Å². The van der Waals surface area contributed by atoms with E-state index in [0.717, 1.165) is 25.0 Å². The van der Waals surface area contributed by atoms with Crippen LogP contribution in [0.25, 0.3) is 0 Å². The normalized spacial score (nSPS) is 36.7. The van der Waals surface area contributed by atoms with Crippen LogP contribution in [0.3, 0.4) is 0 Å². The molecule has 3 fully saturated rings. The quantitative estimate of drug-likeness (QED) is 0.587. The second-order valence-electron chi connectivity index (χ2n) is 6.57. The Bertz CT molecular complexity index is 605. The highest BCUT2D eigenvalue weighted by molar-refractivity contribution is 6.00. The van der Waals surface area contributed by atoms with Crippen LogP contribution in [0.2, 0.25) is 0 Å². The van der Waals surface area contributed by atoms with Crippen molar-refractivity contribution in [2.75, 3.05) is 0 Å². The molecule has 3 aliphatic rings. The van der Waals surface area contributed by atoms with Gasteiger partial charge in [-0.25, -0.2) is 4.39 Å². The first-order valence-corrected chi connectivity index (χ1v) is 7.29. The van der Waals surface area contributed by atoms with Crippen LogP contribution < -0.4 is 0 Å². The molecule has 0 aliphatic heterocycles. The summed E-state index contributed by atoms with van der Waals surface area (Å²) in [6, 6.07) is 2.54. The van der Waals surface area contributed by atoms with Crippen LogP contribution in [0.5, 0.6) is 0 Å². The van der Waals surface area contributed by atoms with Gasteiger partial charge < -0.3 is 0 Å². The van der Waals surface area contributed by atoms with Crippen molar-refractivity contribution in [1.82, 2.24) is 0 Å². The Morgan fingerprint density at radius 1 is 1.10 bits per heavy atom. The third kappa shape index (κ3) is 1.86. The predicted octanol–water partition coefficient (Wildman–Crippen LogP) is 4.32. The summed E-state index contributed by atoms with van der Waals surface area (Å²) in [6.07, 6.45) is -1.20. The van der Waals surface area contributed by atoms with Crippen LogP contribution in [0.15, 0.2) is 18.2 Å². The first-order chi connectivity index (χ1) is 9.88. The Morgan fingerprint density at radius 3 is 2.24 bits per heavy atom. The minimum absolute atomic E-state index is 0.0765. The first kappa shape index (κ1) is 13.3. The second-order valence-corrected chi connectivity index (χ2v) is 6.57. The molecular formula is C16H14F4O. The molecule has 3 aliphatic carbocycles. The molecule has 4 rings (SSSR count). The van der Waals surface area contributed by atoms with E-state index in [1.807, 2.05) is 0 Å². The van der Waals surface area contributed by atoms with Gasteiger partial charge in [0, 0.05) is 11.5 Å². The van der Waals surface area contributed by atoms with Gasteiger partial charge in [-0.3, -0.25) is 4.79 Å². The maximum absolute atomic E-state index is 13.6. The number of fused-ring (bicyclic) bond motifs is 5. The van der Waals surface area contributed by atoms with Gasteiger partial charge in [-0.15, -0.1) is 0 Å². The van der Waals surface area contributed by atoms with Crippen molar-refractivity contribution in [2.45, 2.75) is 25.4 Å². The molecule has 4 unspecified atom stereocenters. The average molecular weight is 298 g/mol. The van der Waals surface area contributed by atoms with Crippen LogP contribution in [0.4, 0.5) is 17.6 Å². The molecule has 0 amide bonds. The second kappa shape index (κ2) is 4.08. The molecule has 4 atom stereocenters. The standard InChI is InChI=1S/C16H14F4O/c17-11-6-9(3-4-10(11)16(18,19)20)15(21)14-12-7-1-2-8(5-7)13(12)14/h3-4,6-8,12-14H,1-2,5H2. The molecule has 0 spiro atoms. The third-order valence-electron chi connectivity index (χ3n) is 5.60. The molecule has 3 saturated carbocycles. The summed E-state index contributed by atoms with van der Waals surface area (Å²) in [4.78, 5) is 12.4. The van der Waals surface area contributed by atoms with E-state index in [2.05, 4.69) is 0 Å². The van der Waals surface area contributed by atoms with Gasteiger partial charge in [-0.05, 0) is 55.1 Å². The van der Waals surface area contributed by atoms with Gasteiger partial charge in [0.2, 0.25) is 0 Å². The Labute approximate surface area is 119 Å². The van der Waals surface area contributed by atoms with Crippen molar-refractivity contribution in [3.8, 4) is 0 Å². The van der Waals surface area contributed by atoms with Crippen molar-refractivity contribution in [3.63, 3.8) is 0 Å². The molecule has 112 valence electrons. The molecule has 0 N–H and O–H groups in total. The third-order valence-corrected chi connectivity index (χ3v) is 5.60. The van der Waals surface area contributed by atoms with E-state index >= 15 is 0 Å². The van der Waals surface area contributed by atoms with E-state index < -0.39 is 17.6 Å². The predicted molar refractivity (Wildman–Crippen MR) is 67.0 cm³/mol. The van der Waals surface area contributed by atoms with Gasteiger partial charge in [0.05, 0.1) is 5.56 Å². The molecule has 0 radical (unpaired) electrons. The maximum Gasteiger partial charge on any atom is 0.419 e. The number of halogens is 4. The van der Waals surface area contributed by atoms with E-state index in [-0.39, 0.29) is 17.3 Å². The summed E-state index contributed by atoms with van der Waals surface area (Å²) < 4.78 is 51.2. The lowest BCUT2D eigenvalue weighted by molar-refractivity contribution is -0.140. The van der Waals surface area contributed by atoms with E-state index in [4.69, 9.17) is 0 Å². The number of hydrogen-bond donors (Lipinski definition) is 0. The summed E-state index contributed by atoms with van der Waals surface area (Å²) in [5.41, 5.74) is -1.23. The number of rotatable bonds is 2. The largest absolute Gasteiger partial charge is 0.419 e. The van der Waals surface area contributed by atoms with E-state index in [0.29, 0.717) is 29.7 Å². The van der Waals surface area contributed by atoms with E-state index in [9.17, 15) is 22.4 Å². The Balaban J connectivity index is 1.58. The van der Waals surface area contributed by atoms with Crippen LogP contribution in [-0.4, -0.2) is 5.78 Å². The summed E-state index contributed by atoms with van der Waals surface area (Å²) in [7, 11) is 0. The zero-order valence-electron chi connectivity index (χ0n) is 11.2. The lowest BCUT2D eigenvalue weighted by Crippen LogP contribution is -2.13. The number of carbonyl (C=O) groups excluding carboxylic acids is 1. The fourth-order valence-electron chi connectivity index (χ4n) is 4.77. The Kier molecular flexibility index (Phi) is 2.58. The minimum atomic E-state index is -4.72. The molecule has 1 nitrogen and oxygen atoms in total. The van der Waals surface area contributed by atoms with E-state index in [1.165, 1.54) is 6.42 Å². The SMILES string of the molecule is O=C(c1ccc(C(F)(F)F)c(F)c1)C1C2C3CCC(C3)C12. The van der Waals surface area contributed by atoms with Gasteiger partial charge in [0.1, 0.15) is 5.82 Å². The average Bonchev–Trinajstić information content (AvgIpc) is 2.83. The molecule has 0 saturated heterocycles. The maximum atomic E-state index is 13.6. The van der Waals surface area contributed by atoms with Crippen molar-refractivity contribution in [3.05, 3.63) is 35.1 Å². The Hall–Kier alpha value is -1.39. The van der Waals surface area contributed by atoms with Crippen molar-refractivity contribution in [2.24, 2.45) is 29.6 Å². The summed E-state index contributed by atoms with van der Waals surface area (Å²) in [5.74, 6) is 0.411. The fraction of sp³-hybridized carbons (Fsp3) is 0.562. The molecule has 5 heteroatoms. The van der Waals surface area contributed by atoms with Crippen molar-refractivity contribution < 1.29 is 22.4 Å². The topological polar surface area (TPSA) is 17.1 Å². The molecule has 1 aromatic carbocycles. The van der Waals surface area contributed by atoms with Gasteiger partial charge >= 0.3 is 6.18 Å². The highest BCUT2D eigenvalue weighted by atomic mass is 19.4. The summed E-state index contributed by atoms with van der Waals surface area (Å²) >= 11 is 0. The zero-order valence-corrected chi connectivity index (χ0v) is 11.2. The zero-order chi connectivity index (χ0) is 14.9. The van der Waals surface area contributed by atoms with Crippen LogP contribution in [0, 0.1) is 35.4 Å². The van der Waals surface area contributed by atoms with Crippen molar-refractivity contribution >= 4 is 5.78 Å². The van der Waals surface area contributed by atoms with Gasteiger partial charge in [-0.2, -0.15) is 13.2 Å². The number of ketones is 1. The molecule has 21 heavy (non-hydrogen) atoms. The monoisotopic (exact) mass is 298 g/mol. The molecule has 2 bridgehead atoms. The highest BCUT2D eigenvalue weighted by Gasteiger charge is 2.67. The molecular weight excluding hydrogens is 284 g/mol. The van der Waals surface area contributed by atoms with Crippen molar-refractivity contribution in [1.29, 1.82) is 0 Å². The molecule has 0 heterocycles. The minimum Gasteiger partial charge on any atom is -0.294 e.